The van der Waals surface area contributed by atoms with Crippen LogP contribution in [0.1, 0.15) is 10.4 Å². The first kappa shape index (κ1) is 18.5. The molecule has 0 radical (unpaired) electrons. The number of nitrogens with zero attached hydrogens (tertiary/aromatic N) is 1. The normalized spacial score (nSPS) is 13.0. The monoisotopic (exact) mass is 428 g/mol. The van der Waals surface area contributed by atoms with Crippen LogP contribution in [0.15, 0.2) is 65.2 Å². The molecule has 0 saturated carbocycles. The van der Waals surface area contributed by atoms with Crippen LogP contribution in [0, 0.1) is 0 Å². The van der Waals surface area contributed by atoms with E-state index in [-0.39, 0.29) is 11.3 Å². The van der Waals surface area contributed by atoms with E-state index in [1.54, 1.807) is 24.3 Å². The fourth-order valence-corrected chi connectivity index (χ4v) is 2.64. The first-order valence-electron chi connectivity index (χ1n) is 7.83. The van der Waals surface area contributed by atoms with Crippen molar-refractivity contribution in [1.82, 2.24) is 0 Å². The first-order valence-corrected chi connectivity index (χ1v) is 8.62. The zero-order valence-electron chi connectivity index (χ0n) is 13.8. The van der Waals surface area contributed by atoms with Crippen LogP contribution in [0.2, 0.25) is 0 Å². The maximum atomic E-state index is 12.2. The van der Waals surface area contributed by atoms with E-state index in [1.807, 2.05) is 0 Å². The van der Waals surface area contributed by atoms with Gasteiger partial charge in [0.25, 0.3) is 17.7 Å². The molecule has 3 amide bonds. The van der Waals surface area contributed by atoms with E-state index < -0.39 is 30.3 Å². The van der Waals surface area contributed by atoms with Crippen LogP contribution in [0.4, 0.5) is 11.4 Å². The standard InChI is InChI=1S/C19H13BrN2O5/c20-13-4-6-14(7-5-13)21-16(23)11-27-19(26)12-2-1-3-15(10-12)22-17(24)8-9-18(22)25/h1-10H,11H2,(H,21,23). The highest BCUT2D eigenvalue weighted by Gasteiger charge is 2.25. The van der Waals surface area contributed by atoms with Gasteiger partial charge in [-0.2, -0.15) is 0 Å². The summed E-state index contributed by atoms with van der Waals surface area (Å²) in [6.45, 7) is -0.470. The zero-order valence-corrected chi connectivity index (χ0v) is 15.4. The number of imide groups is 1. The van der Waals surface area contributed by atoms with Crippen LogP contribution in [0.25, 0.3) is 0 Å². The number of carbonyl (C=O) groups is 4. The third-order valence-corrected chi connectivity index (χ3v) is 4.14. The molecule has 0 bridgehead atoms. The van der Waals surface area contributed by atoms with Gasteiger partial charge in [0, 0.05) is 22.3 Å². The summed E-state index contributed by atoms with van der Waals surface area (Å²) in [5, 5.41) is 2.60. The number of esters is 1. The summed E-state index contributed by atoms with van der Waals surface area (Å²) in [6, 6.07) is 12.8. The van der Waals surface area contributed by atoms with Crippen LogP contribution in [0.3, 0.4) is 0 Å². The molecule has 1 aliphatic rings. The number of carbonyl (C=O) groups excluding carboxylic acids is 4. The van der Waals surface area contributed by atoms with Gasteiger partial charge in [0.15, 0.2) is 6.61 Å². The Morgan fingerprint density at radius 1 is 1.00 bits per heavy atom. The maximum Gasteiger partial charge on any atom is 0.338 e. The molecule has 1 heterocycles. The Balaban J connectivity index is 1.60. The molecular formula is C19H13BrN2O5. The van der Waals surface area contributed by atoms with E-state index in [0.717, 1.165) is 21.5 Å². The number of anilines is 2. The number of hydrogen-bond acceptors (Lipinski definition) is 5. The van der Waals surface area contributed by atoms with Crippen molar-refractivity contribution in [2.45, 2.75) is 0 Å². The minimum absolute atomic E-state index is 0.122. The van der Waals surface area contributed by atoms with Crippen LogP contribution in [0.5, 0.6) is 0 Å². The Bertz CT molecular complexity index is 935. The van der Waals surface area contributed by atoms with E-state index in [4.69, 9.17) is 4.74 Å². The third-order valence-electron chi connectivity index (χ3n) is 3.61. The van der Waals surface area contributed by atoms with E-state index in [2.05, 4.69) is 21.2 Å². The highest BCUT2D eigenvalue weighted by molar-refractivity contribution is 9.10. The highest BCUT2D eigenvalue weighted by Crippen LogP contribution is 2.20. The van der Waals surface area contributed by atoms with Gasteiger partial charge < -0.3 is 10.1 Å². The molecule has 136 valence electrons. The van der Waals surface area contributed by atoms with Gasteiger partial charge in [0.05, 0.1) is 11.3 Å². The summed E-state index contributed by atoms with van der Waals surface area (Å²) in [6.07, 6.45) is 2.31. The molecule has 0 fully saturated rings. The van der Waals surface area contributed by atoms with Gasteiger partial charge in [-0.15, -0.1) is 0 Å². The average molecular weight is 429 g/mol. The zero-order chi connectivity index (χ0) is 19.4. The average Bonchev–Trinajstić information content (AvgIpc) is 3.00. The van der Waals surface area contributed by atoms with E-state index in [0.29, 0.717) is 5.69 Å². The molecule has 0 aliphatic carbocycles. The summed E-state index contributed by atoms with van der Waals surface area (Å²) >= 11 is 3.29. The Morgan fingerprint density at radius 2 is 1.67 bits per heavy atom. The quantitative estimate of drug-likeness (QED) is 0.583. The van der Waals surface area contributed by atoms with Crippen molar-refractivity contribution in [3.05, 3.63) is 70.7 Å². The lowest BCUT2D eigenvalue weighted by molar-refractivity contribution is -0.120. The Morgan fingerprint density at radius 3 is 2.33 bits per heavy atom. The molecule has 3 rings (SSSR count). The van der Waals surface area contributed by atoms with Crippen LogP contribution >= 0.6 is 15.9 Å². The predicted molar refractivity (Wildman–Crippen MR) is 101 cm³/mol. The Hall–Kier alpha value is -3.26. The van der Waals surface area contributed by atoms with Gasteiger partial charge in [0.2, 0.25) is 0 Å². The predicted octanol–water partition coefficient (Wildman–Crippen LogP) is 2.67. The molecule has 0 saturated heterocycles. The summed E-state index contributed by atoms with van der Waals surface area (Å²) in [5.74, 6) is -2.20. The van der Waals surface area contributed by atoms with Crippen molar-refractivity contribution in [2.24, 2.45) is 0 Å². The number of hydrogen-bond donors (Lipinski definition) is 1. The molecule has 0 unspecified atom stereocenters. The topological polar surface area (TPSA) is 92.8 Å². The SMILES string of the molecule is O=C(COC(=O)c1cccc(N2C(=O)C=CC2=O)c1)Nc1ccc(Br)cc1. The van der Waals surface area contributed by atoms with Crippen molar-refractivity contribution >= 4 is 51.0 Å². The summed E-state index contributed by atoms with van der Waals surface area (Å²) < 4.78 is 5.87. The molecule has 2 aromatic rings. The van der Waals surface area contributed by atoms with Crippen LogP contribution < -0.4 is 10.2 Å². The molecular weight excluding hydrogens is 416 g/mol. The molecule has 0 atom stereocenters. The Kier molecular flexibility index (Phi) is 5.46. The summed E-state index contributed by atoms with van der Waals surface area (Å²) in [5.41, 5.74) is 0.944. The van der Waals surface area contributed by atoms with Gasteiger partial charge in [-0.25, -0.2) is 9.69 Å². The number of nitrogens with one attached hydrogen (secondary N) is 1. The van der Waals surface area contributed by atoms with Crippen molar-refractivity contribution in [1.29, 1.82) is 0 Å². The molecule has 7 nitrogen and oxygen atoms in total. The lowest BCUT2D eigenvalue weighted by atomic mass is 10.2. The van der Waals surface area contributed by atoms with Gasteiger partial charge in [-0.3, -0.25) is 14.4 Å². The second-order valence-corrected chi connectivity index (χ2v) is 6.44. The molecule has 1 N–H and O–H groups in total. The third kappa shape index (κ3) is 4.48. The minimum Gasteiger partial charge on any atom is -0.452 e. The van der Waals surface area contributed by atoms with Gasteiger partial charge >= 0.3 is 5.97 Å². The molecule has 1 aliphatic heterocycles. The number of benzene rings is 2. The fraction of sp³-hybridized carbons (Fsp3) is 0.0526. The number of ether oxygens (including phenoxy) is 1. The molecule has 0 aromatic heterocycles. The van der Waals surface area contributed by atoms with E-state index in [9.17, 15) is 19.2 Å². The number of halogens is 1. The second kappa shape index (κ2) is 7.96. The maximum absolute atomic E-state index is 12.2. The van der Waals surface area contributed by atoms with Gasteiger partial charge in [0.1, 0.15) is 0 Å². The second-order valence-electron chi connectivity index (χ2n) is 5.53. The van der Waals surface area contributed by atoms with Gasteiger partial charge in [-0.05, 0) is 42.5 Å². The lowest BCUT2D eigenvalue weighted by Gasteiger charge is -2.14. The fourth-order valence-electron chi connectivity index (χ4n) is 2.37. The van der Waals surface area contributed by atoms with Crippen molar-refractivity contribution < 1.29 is 23.9 Å². The number of amides is 3. The van der Waals surface area contributed by atoms with Crippen LogP contribution in [-0.4, -0.2) is 30.3 Å². The number of rotatable bonds is 5. The van der Waals surface area contributed by atoms with E-state index >= 15 is 0 Å². The van der Waals surface area contributed by atoms with E-state index in [1.165, 1.54) is 24.3 Å². The Labute approximate surface area is 162 Å². The van der Waals surface area contributed by atoms with Crippen molar-refractivity contribution in [3.63, 3.8) is 0 Å². The smallest absolute Gasteiger partial charge is 0.338 e. The largest absolute Gasteiger partial charge is 0.452 e. The minimum atomic E-state index is -0.741. The molecule has 27 heavy (non-hydrogen) atoms. The molecule has 8 heteroatoms. The van der Waals surface area contributed by atoms with Crippen molar-refractivity contribution in [3.8, 4) is 0 Å². The van der Waals surface area contributed by atoms with Crippen LogP contribution in [-0.2, 0) is 19.1 Å². The summed E-state index contributed by atoms with van der Waals surface area (Å²) in [4.78, 5) is 48.4. The first-order chi connectivity index (χ1) is 12.9. The lowest BCUT2D eigenvalue weighted by Crippen LogP contribution is -2.29. The van der Waals surface area contributed by atoms with Crippen molar-refractivity contribution in [2.75, 3.05) is 16.8 Å². The summed E-state index contributed by atoms with van der Waals surface area (Å²) in [7, 11) is 0. The highest BCUT2D eigenvalue weighted by atomic mass is 79.9. The van der Waals surface area contributed by atoms with Gasteiger partial charge in [-0.1, -0.05) is 22.0 Å². The molecule has 2 aromatic carbocycles. The molecule has 0 spiro atoms.